The van der Waals surface area contributed by atoms with E-state index in [1.807, 2.05) is 0 Å². The fraction of sp³-hybridized carbons (Fsp3) is 0.500. The molecule has 1 aromatic carbocycles. The van der Waals surface area contributed by atoms with E-state index in [9.17, 15) is 27.9 Å². The molecule has 1 N–H and O–H groups in total. The summed E-state index contributed by atoms with van der Waals surface area (Å²) in [4.78, 5) is 24.3. The summed E-state index contributed by atoms with van der Waals surface area (Å²) in [6.07, 6.45) is 1.28. The molecule has 204 valence electrons. The third-order valence-electron chi connectivity index (χ3n) is 6.90. The van der Waals surface area contributed by atoms with Crippen LogP contribution in [0.3, 0.4) is 0 Å². The van der Waals surface area contributed by atoms with Crippen LogP contribution >= 0.6 is 0 Å². The number of carbonyl (C=O) groups is 2. The zero-order valence-corrected chi connectivity index (χ0v) is 21.8. The van der Waals surface area contributed by atoms with Gasteiger partial charge in [-0.15, -0.1) is 0 Å². The molecular weight excluding hydrogens is 501 g/mol. The van der Waals surface area contributed by atoms with Gasteiger partial charge in [-0.2, -0.15) is 8.78 Å². The largest absolute Gasteiger partial charge is 0.481 e. The Hall–Kier alpha value is -3.43. The Balaban J connectivity index is 1.64. The molecule has 1 saturated carbocycles. The van der Waals surface area contributed by atoms with Crippen molar-refractivity contribution in [1.82, 2.24) is 10.3 Å². The highest BCUT2D eigenvalue weighted by atomic mass is 19.3. The summed E-state index contributed by atoms with van der Waals surface area (Å²) in [5.74, 6) is -6.08. The Morgan fingerprint density at radius 2 is 1.84 bits per heavy atom. The van der Waals surface area contributed by atoms with E-state index in [2.05, 4.69) is 10.3 Å². The number of carbonyl (C=O) groups excluding carboxylic acids is 1. The molecule has 0 spiro atoms. The summed E-state index contributed by atoms with van der Waals surface area (Å²) in [5.41, 5.74) is 0.695. The number of aryl methyl sites for hydroxylation is 1. The van der Waals surface area contributed by atoms with Crippen molar-refractivity contribution >= 4 is 11.8 Å². The molecule has 1 atom stereocenters. The molecule has 0 bridgehead atoms. The number of nitrogens with zero attached hydrogens (tertiary/aromatic N) is 2. The maximum Gasteiger partial charge on any atom is 0.312 e. The number of ketones is 1. The Bertz CT molecular complexity index is 1330. The predicted octanol–water partition coefficient (Wildman–Crippen LogP) is 6.94. The minimum Gasteiger partial charge on any atom is -0.481 e. The van der Waals surface area contributed by atoms with Gasteiger partial charge in [0.15, 0.2) is 11.5 Å². The minimum absolute atomic E-state index is 0.0199. The number of alkyl halides is 2. The number of halogens is 3. The number of carboxylic acids is 1. The van der Waals surface area contributed by atoms with Crippen LogP contribution in [0.25, 0.3) is 11.5 Å². The van der Waals surface area contributed by atoms with Gasteiger partial charge in [-0.25, -0.2) is 4.39 Å². The summed E-state index contributed by atoms with van der Waals surface area (Å²) in [6.45, 7) is 5.93. The number of rotatable bonds is 11. The smallest absolute Gasteiger partial charge is 0.312 e. The van der Waals surface area contributed by atoms with Crippen molar-refractivity contribution in [2.75, 3.05) is 0 Å². The second kappa shape index (κ2) is 10.4. The fourth-order valence-corrected chi connectivity index (χ4v) is 4.44. The molecule has 0 aliphatic heterocycles. The SMILES string of the molecule is Cc1ccc(CC(=O)C[C@@H](CCC(=O)O)c2noc(-c3cc(C(F)(F)C(C)(C)C)on3)c2C2CC2)c(F)c1. The lowest BCUT2D eigenvalue weighted by atomic mass is 9.86. The highest BCUT2D eigenvalue weighted by Crippen LogP contribution is 2.50. The van der Waals surface area contributed by atoms with Gasteiger partial charge in [0.2, 0.25) is 5.76 Å². The van der Waals surface area contributed by atoms with Crippen LogP contribution in [0.4, 0.5) is 13.2 Å². The fourth-order valence-electron chi connectivity index (χ4n) is 4.44. The van der Waals surface area contributed by atoms with Crippen molar-refractivity contribution in [3.8, 4) is 11.5 Å². The monoisotopic (exact) mass is 532 g/mol. The first kappa shape index (κ1) is 27.6. The molecule has 1 fully saturated rings. The van der Waals surface area contributed by atoms with E-state index < -0.39 is 34.8 Å². The number of Topliss-reactive ketones (excluding diaryl/α,β-unsaturated/α-hetero) is 1. The molecule has 0 radical (unpaired) electrons. The van der Waals surface area contributed by atoms with Crippen LogP contribution in [0.5, 0.6) is 0 Å². The van der Waals surface area contributed by atoms with E-state index in [-0.39, 0.29) is 54.4 Å². The summed E-state index contributed by atoms with van der Waals surface area (Å²) < 4.78 is 54.6. The van der Waals surface area contributed by atoms with E-state index in [1.54, 1.807) is 19.1 Å². The van der Waals surface area contributed by atoms with Crippen molar-refractivity contribution < 1.29 is 36.9 Å². The molecule has 1 aliphatic rings. The Morgan fingerprint density at radius 3 is 2.45 bits per heavy atom. The topological polar surface area (TPSA) is 106 Å². The average molecular weight is 533 g/mol. The van der Waals surface area contributed by atoms with Crippen molar-refractivity contribution in [3.63, 3.8) is 0 Å². The molecule has 0 amide bonds. The molecule has 7 nitrogen and oxygen atoms in total. The normalized spacial score (nSPS) is 15.0. The summed E-state index contributed by atoms with van der Waals surface area (Å²) >= 11 is 0. The van der Waals surface area contributed by atoms with E-state index >= 15 is 0 Å². The van der Waals surface area contributed by atoms with Gasteiger partial charge in [0.1, 0.15) is 11.6 Å². The van der Waals surface area contributed by atoms with Crippen LogP contribution in [0.2, 0.25) is 0 Å². The quantitative estimate of drug-likeness (QED) is 0.285. The zero-order chi connectivity index (χ0) is 27.8. The van der Waals surface area contributed by atoms with Gasteiger partial charge in [0.05, 0.1) is 5.69 Å². The number of aromatic nitrogens is 2. The first-order valence-electron chi connectivity index (χ1n) is 12.6. The molecule has 4 rings (SSSR count). The Labute approximate surface area is 218 Å². The van der Waals surface area contributed by atoms with Gasteiger partial charge in [0, 0.05) is 42.2 Å². The highest BCUT2D eigenvalue weighted by Gasteiger charge is 2.49. The zero-order valence-electron chi connectivity index (χ0n) is 21.8. The highest BCUT2D eigenvalue weighted by molar-refractivity contribution is 5.82. The van der Waals surface area contributed by atoms with E-state index in [0.717, 1.165) is 24.5 Å². The molecular formula is C28H31F3N2O5. The van der Waals surface area contributed by atoms with Crippen LogP contribution in [0.1, 0.15) is 92.9 Å². The average Bonchev–Trinajstić information content (AvgIpc) is 3.35. The lowest BCUT2D eigenvalue weighted by Gasteiger charge is -2.27. The summed E-state index contributed by atoms with van der Waals surface area (Å²) in [6, 6.07) is 5.78. The maximum atomic E-state index is 14.8. The van der Waals surface area contributed by atoms with Gasteiger partial charge in [-0.05, 0) is 49.3 Å². The van der Waals surface area contributed by atoms with Crippen molar-refractivity contribution in [2.24, 2.45) is 5.41 Å². The van der Waals surface area contributed by atoms with Gasteiger partial charge < -0.3 is 14.2 Å². The summed E-state index contributed by atoms with van der Waals surface area (Å²) in [7, 11) is 0. The first-order chi connectivity index (χ1) is 17.8. The molecule has 1 aliphatic carbocycles. The number of carboxylic acid groups (broad SMARTS) is 1. The van der Waals surface area contributed by atoms with E-state index in [1.165, 1.54) is 26.8 Å². The molecule has 0 saturated heterocycles. The Kier molecular flexibility index (Phi) is 7.54. The van der Waals surface area contributed by atoms with Gasteiger partial charge in [-0.3, -0.25) is 9.59 Å². The van der Waals surface area contributed by atoms with Crippen molar-refractivity contribution in [2.45, 2.75) is 84.0 Å². The third kappa shape index (κ3) is 5.84. The van der Waals surface area contributed by atoms with E-state index in [4.69, 9.17) is 9.05 Å². The number of hydrogen-bond donors (Lipinski definition) is 1. The van der Waals surface area contributed by atoms with Crippen molar-refractivity contribution in [3.05, 3.63) is 58.2 Å². The molecule has 0 unspecified atom stereocenters. The van der Waals surface area contributed by atoms with Crippen LogP contribution in [-0.4, -0.2) is 27.2 Å². The van der Waals surface area contributed by atoms with Crippen LogP contribution in [-0.2, 0) is 21.9 Å². The third-order valence-corrected chi connectivity index (χ3v) is 6.90. The lowest BCUT2D eigenvalue weighted by molar-refractivity contribution is -0.137. The second-order valence-corrected chi connectivity index (χ2v) is 11.1. The standard InChI is InChI=1S/C28H31F3N2O5/c1-15-5-6-17(20(29)11-15)12-19(34)13-18(9-10-23(35)36)25-24(16-7-8-16)26(38-33-25)21-14-22(37-32-21)28(30,31)27(2,3)4/h5-6,11,14,16,18H,7-10,12-13H2,1-4H3,(H,35,36)/t18-/m1/s1. The number of hydrogen-bond acceptors (Lipinski definition) is 6. The number of benzene rings is 1. The maximum absolute atomic E-state index is 14.8. The second-order valence-electron chi connectivity index (χ2n) is 11.1. The molecule has 38 heavy (non-hydrogen) atoms. The van der Waals surface area contributed by atoms with Crippen LogP contribution < -0.4 is 0 Å². The van der Waals surface area contributed by atoms with E-state index in [0.29, 0.717) is 11.3 Å². The lowest BCUT2D eigenvalue weighted by Crippen LogP contribution is -2.30. The Morgan fingerprint density at radius 1 is 1.13 bits per heavy atom. The van der Waals surface area contributed by atoms with Gasteiger partial charge >= 0.3 is 11.9 Å². The molecule has 2 aromatic heterocycles. The summed E-state index contributed by atoms with van der Waals surface area (Å²) in [5, 5.41) is 17.3. The van der Waals surface area contributed by atoms with Crippen molar-refractivity contribution in [1.29, 1.82) is 0 Å². The van der Waals surface area contributed by atoms with Gasteiger partial charge in [0.25, 0.3) is 0 Å². The van der Waals surface area contributed by atoms with Crippen LogP contribution in [0.15, 0.2) is 33.3 Å². The molecule has 3 aromatic rings. The molecule has 10 heteroatoms. The predicted molar refractivity (Wildman–Crippen MR) is 131 cm³/mol. The molecule has 2 heterocycles. The number of aliphatic carboxylic acids is 1. The minimum atomic E-state index is -3.29. The first-order valence-corrected chi connectivity index (χ1v) is 12.6. The van der Waals surface area contributed by atoms with Gasteiger partial charge in [-0.1, -0.05) is 43.2 Å². The van der Waals surface area contributed by atoms with Crippen LogP contribution in [0, 0.1) is 18.2 Å².